The molecule has 1 aliphatic heterocycles. The fraction of sp³-hybridized carbons (Fsp3) is 0.462. The highest BCUT2D eigenvalue weighted by molar-refractivity contribution is 7.87. The average molecular weight is 335 g/mol. The Kier molecular flexibility index (Phi) is 4.63. The number of nitriles is 1. The lowest BCUT2D eigenvalue weighted by molar-refractivity contribution is -0.229. The van der Waals surface area contributed by atoms with Crippen LogP contribution in [0.3, 0.4) is 0 Å². The third kappa shape index (κ3) is 3.90. The van der Waals surface area contributed by atoms with Gasteiger partial charge in [0.25, 0.3) is 0 Å². The summed E-state index contributed by atoms with van der Waals surface area (Å²) in [7, 11) is -4.21. The predicted molar refractivity (Wildman–Crippen MR) is 69.5 cm³/mol. The quantitative estimate of drug-likeness (QED) is 0.793. The van der Waals surface area contributed by atoms with Crippen LogP contribution >= 0.6 is 0 Å². The van der Waals surface area contributed by atoms with Crippen LogP contribution in [0.2, 0.25) is 0 Å². The highest BCUT2D eigenvalue weighted by Crippen LogP contribution is 2.33. The Labute approximate surface area is 125 Å². The molecular formula is C13H12F3NO4S. The van der Waals surface area contributed by atoms with E-state index in [4.69, 9.17) is 9.44 Å². The number of benzene rings is 1. The Morgan fingerprint density at radius 3 is 2.45 bits per heavy atom. The van der Waals surface area contributed by atoms with Crippen LogP contribution < -0.4 is 4.18 Å². The Hall–Kier alpha value is -1.79. The van der Waals surface area contributed by atoms with E-state index in [2.05, 4.69) is 4.74 Å². The largest absolute Gasteiger partial charge is 0.414 e. The number of ether oxygens (including phenoxy) is 1. The van der Waals surface area contributed by atoms with Crippen LogP contribution in [0.1, 0.15) is 18.4 Å². The Morgan fingerprint density at radius 2 is 1.91 bits per heavy atom. The summed E-state index contributed by atoms with van der Waals surface area (Å²) in [4.78, 5) is 0. The molecule has 0 spiro atoms. The molecule has 0 radical (unpaired) electrons. The summed E-state index contributed by atoms with van der Waals surface area (Å²) in [5, 5.41) is 7.35. The maximum Gasteiger partial charge on any atom is 0.414 e. The lowest BCUT2D eigenvalue weighted by atomic mass is 10.1. The maximum atomic E-state index is 12.6. The molecule has 2 atom stereocenters. The van der Waals surface area contributed by atoms with Gasteiger partial charge in [-0.1, -0.05) is 0 Å². The fourth-order valence-electron chi connectivity index (χ4n) is 2.04. The topological polar surface area (TPSA) is 76.4 Å². The Morgan fingerprint density at radius 1 is 1.27 bits per heavy atom. The molecule has 1 aromatic carbocycles. The van der Waals surface area contributed by atoms with Crippen molar-refractivity contribution in [3.63, 3.8) is 0 Å². The van der Waals surface area contributed by atoms with Gasteiger partial charge >= 0.3 is 16.3 Å². The van der Waals surface area contributed by atoms with Crippen molar-refractivity contribution in [2.24, 2.45) is 0 Å². The number of halogens is 3. The first-order valence-electron chi connectivity index (χ1n) is 6.34. The van der Waals surface area contributed by atoms with E-state index in [1.807, 2.05) is 6.07 Å². The fourth-order valence-corrected chi connectivity index (χ4v) is 3.35. The summed E-state index contributed by atoms with van der Waals surface area (Å²) in [6, 6.07) is 7.11. The number of hydrogen-bond donors (Lipinski definition) is 0. The van der Waals surface area contributed by atoms with Gasteiger partial charge in [-0.25, -0.2) is 0 Å². The molecule has 1 aliphatic rings. The van der Waals surface area contributed by atoms with Gasteiger partial charge in [-0.3, -0.25) is 0 Å². The zero-order valence-corrected chi connectivity index (χ0v) is 12.0. The van der Waals surface area contributed by atoms with Crippen LogP contribution in [-0.4, -0.2) is 32.6 Å². The number of nitrogens with zero attached hydrogens (tertiary/aromatic N) is 1. The summed E-state index contributed by atoms with van der Waals surface area (Å²) < 4.78 is 71.4. The number of alkyl halides is 3. The molecule has 2 rings (SSSR count). The van der Waals surface area contributed by atoms with Crippen LogP contribution in [0.25, 0.3) is 0 Å². The molecule has 0 saturated carbocycles. The molecule has 5 nitrogen and oxygen atoms in total. The first-order chi connectivity index (χ1) is 10.2. The van der Waals surface area contributed by atoms with Gasteiger partial charge in [-0.2, -0.15) is 26.9 Å². The Balaban J connectivity index is 2.10. The van der Waals surface area contributed by atoms with E-state index in [-0.39, 0.29) is 18.8 Å². The second-order valence-corrected chi connectivity index (χ2v) is 6.58. The van der Waals surface area contributed by atoms with Crippen LogP contribution in [0, 0.1) is 11.3 Å². The van der Waals surface area contributed by atoms with Gasteiger partial charge in [0.2, 0.25) is 0 Å². The van der Waals surface area contributed by atoms with Gasteiger partial charge in [0, 0.05) is 13.0 Å². The Bertz CT molecular complexity index is 664. The van der Waals surface area contributed by atoms with E-state index in [0.717, 1.165) is 0 Å². The lowest BCUT2D eigenvalue weighted by Crippen LogP contribution is -2.43. The lowest BCUT2D eigenvalue weighted by Gasteiger charge is -2.30. The molecule has 2 unspecified atom stereocenters. The highest BCUT2D eigenvalue weighted by Gasteiger charge is 2.47. The van der Waals surface area contributed by atoms with Crippen molar-refractivity contribution in [3.05, 3.63) is 29.8 Å². The van der Waals surface area contributed by atoms with Crippen LogP contribution in [-0.2, 0) is 14.9 Å². The maximum absolute atomic E-state index is 12.6. The molecule has 0 bridgehead atoms. The summed E-state index contributed by atoms with van der Waals surface area (Å²) >= 11 is 0. The molecule has 1 heterocycles. The van der Waals surface area contributed by atoms with Crippen LogP contribution in [0.5, 0.6) is 5.75 Å². The highest BCUT2D eigenvalue weighted by atomic mass is 32.2. The molecular weight excluding hydrogens is 323 g/mol. The predicted octanol–water partition coefficient (Wildman–Crippen LogP) is 2.38. The first kappa shape index (κ1) is 16.6. The molecule has 0 aromatic heterocycles. The molecule has 0 N–H and O–H groups in total. The van der Waals surface area contributed by atoms with Gasteiger partial charge in [0.05, 0.1) is 11.6 Å². The zero-order chi connectivity index (χ0) is 16.4. The van der Waals surface area contributed by atoms with Crippen molar-refractivity contribution in [3.8, 4) is 11.8 Å². The van der Waals surface area contributed by atoms with E-state index in [0.29, 0.717) is 5.56 Å². The third-order valence-corrected chi connectivity index (χ3v) is 4.87. The van der Waals surface area contributed by atoms with E-state index in [1.165, 1.54) is 24.3 Å². The molecule has 0 aliphatic carbocycles. The van der Waals surface area contributed by atoms with Crippen molar-refractivity contribution < 1.29 is 30.5 Å². The van der Waals surface area contributed by atoms with Crippen LogP contribution in [0.15, 0.2) is 24.3 Å². The zero-order valence-electron chi connectivity index (χ0n) is 11.2. The van der Waals surface area contributed by atoms with Gasteiger partial charge < -0.3 is 8.92 Å². The molecule has 1 fully saturated rings. The van der Waals surface area contributed by atoms with Gasteiger partial charge in [-0.05, 0) is 30.7 Å². The minimum atomic E-state index is -4.61. The van der Waals surface area contributed by atoms with E-state index in [9.17, 15) is 21.6 Å². The SMILES string of the molecule is N#Cc1ccc(OS(=O)(=O)C2CCOC(C(F)(F)F)C2)cc1. The smallest absolute Gasteiger partial charge is 0.382 e. The van der Waals surface area contributed by atoms with Crippen molar-refractivity contribution >= 4 is 10.1 Å². The molecule has 0 amide bonds. The van der Waals surface area contributed by atoms with Gasteiger partial charge in [0.15, 0.2) is 6.10 Å². The molecule has 1 saturated heterocycles. The van der Waals surface area contributed by atoms with Crippen LogP contribution in [0.4, 0.5) is 13.2 Å². The van der Waals surface area contributed by atoms with E-state index >= 15 is 0 Å². The average Bonchev–Trinajstić information content (AvgIpc) is 2.47. The molecule has 9 heteroatoms. The number of rotatable bonds is 3. The molecule has 120 valence electrons. The normalized spacial score (nSPS) is 22.8. The summed E-state index contributed by atoms with van der Waals surface area (Å²) in [5.74, 6) is -0.0472. The van der Waals surface area contributed by atoms with Crippen molar-refractivity contribution in [1.29, 1.82) is 5.26 Å². The summed E-state index contributed by atoms with van der Waals surface area (Å²) in [6.45, 7) is -0.301. The second-order valence-electron chi connectivity index (χ2n) is 4.76. The van der Waals surface area contributed by atoms with Crippen molar-refractivity contribution in [1.82, 2.24) is 0 Å². The molecule has 1 aromatic rings. The van der Waals surface area contributed by atoms with Crippen molar-refractivity contribution in [2.45, 2.75) is 30.4 Å². The third-order valence-electron chi connectivity index (χ3n) is 3.20. The van der Waals surface area contributed by atoms with Gasteiger partial charge in [0.1, 0.15) is 11.0 Å². The minimum Gasteiger partial charge on any atom is -0.382 e. The monoisotopic (exact) mass is 335 g/mol. The first-order valence-corrected chi connectivity index (χ1v) is 7.81. The minimum absolute atomic E-state index is 0.0472. The van der Waals surface area contributed by atoms with Gasteiger partial charge in [-0.15, -0.1) is 0 Å². The van der Waals surface area contributed by atoms with E-state index in [1.54, 1.807) is 0 Å². The summed E-state index contributed by atoms with van der Waals surface area (Å²) in [6.07, 6.45) is -7.47. The molecule has 22 heavy (non-hydrogen) atoms. The standard InChI is InChI=1S/C13H12F3NO4S/c14-13(15,16)12-7-11(5-6-20-12)22(18,19)21-10-3-1-9(8-17)2-4-10/h1-4,11-12H,5-7H2. The number of hydrogen-bond acceptors (Lipinski definition) is 5. The van der Waals surface area contributed by atoms with Crippen molar-refractivity contribution in [2.75, 3.05) is 6.61 Å². The second kappa shape index (κ2) is 6.14. The van der Waals surface area contributed by atoms with E-state index < -0.39 is 34.1 Å². The summed E-state index contributed by atoms with van der Waals surface area (Å²) in [5.41, 5.74) is 0.313.